The number of hydrogen-bond acceptors (Lipinski definition) is 2. The van der Waals surface area contributed by atoms with Crippen molar-refractivity contribution in [3.05, 3.63) is 29.3 Å². The van der Waals surface area contributed by atoms with E-state index in [2.05, 4.69) is 10.6 Å². The average Bonchev–Trinajstić information content (AvgIpc) is 2.17. The number of urea groups is 1. The van der Waals surface area contributed by atoms with Crippen LogP contribution in [0.4, 0.5) is 10.5 Å². The lowest BCUT2D eigenvalue weighted by atomic mass is 10.3. The van der Waals surface area contributed by atoms with Gasteiger partial charge in [0.05, 0.1) is 12.6 Å². The van der Waals surface area contributed by atoms with Crippen molar-refractivity contribution in [2.45, 2.75) is 13.0 Å². The lowest BCUT2D eigenvalue weighted by Gasteiger charge is -2.13. The van der Waals surface area contributed by atoms with Gasteiger partial charge >= 0.3 is 6.03 Å². The van der Waals surface area contributed by atoms with Gasteiger partial charge in [0.15, 0.2) is 0 Å². The van der Waals surface area contributed by atoms with Crippen LogP contribution >= 0.6 is 11.6 Å². The van der Waals surface area contributed by atoms with Gasteiger partial charge in [-0.2, -0.15) is 0 Å². The molecule has 0 unspecified atom stereocenters. The first-order chi connectivity index (χ1) is 7.61. The summed E-state index contributed by atoms with van der Waals surface area (Å²) >= 11 is 5.79. The first kappa shape index (κ1) is 12.8. The normalized spacial score (nSPS) is 11.9. The number of carbonyl (C=O) groups excluding carboxylic acids is 1. The van der Waals surface area contributed by atoms with E-state index in [0.717, 1.165) is 0 Å². The summed E-state index contributed by atoms with van der Waals surface area (Å²) in [6.07, 6.45) is 0. The predicted molar refractivity (Wildman–Crippen MR) is 64.9 cm³/mol. The lowest BCUT2D eigenvalue weighted by Crippen LogP contribution is -2.38. The highest BCUT2D eigenvalue weighted by Gasteiger charge is 2.06. The van der Waals surface area contributed by atoms with Gasteiger partial charge in [-0.25, -0.2) is 4.79 Å². The summed E-state index contributed by atoms with van der Waals surface area (Å²) in [6, 6.07) is 6.67. The van der Waals surface area contributed by atoms with Crippen LogP contribution in [0.3, 0.4) is 0 Å². The second-order valence-electron chi connectivity index (χ2n) is 3.47. The van der Waals surface area contributed by atoms with E-state index < -0.39 is 0 Å². The van der Waals surface area contributed by atoms with E-state index in [-0.39, 0.29) is 12.1 Å². The van der Waals surface area contributed by atoms with Crippen molar-refractivity contribution in [1.82, 2.24) is 5.32 Å². The van der Waals surface area contributed by atoms with E-state index in [1.54, 1.807) is 31.4 Å². The average molecular weight is 243 g/mol. The molecule has 4 nitrogen and oxygen atoms in total. The topological polar surface area (TPSA) is 50.4 Å². The van der Waals surface area contributed by atoms with Crippen molar-refractivity contribution in [3.63, 3.8) is 0 Å². The molecule has 1 aromatic rings. The Morgan fingerprint density at radius 3 is 2.94 bits per heavy atom. The van der Waals surface area contributed by atoms with Crippen molar-refractivity contribution in [2.75, 3.05) is 19.0 Å². The summed E-state index contributed by atoms with van der Waals surface area (Å²) < 4.78 is 4.91. The van der Waals surface area contributed by atoms with Gasteiger partial charge in [-0.15, -0.1) is 0 Å². The second-order valence-corrected chi connectivity index (χ2v) is 3.90. The number of anilines is 1. The van der Waals surface area contributed by atoms with Crippen LogP contribution in [0, 0.1) is 0 Å². The third kappa shape index (κ3) is 4.51. The molecule has 1 rings (SSSR count). The van der Waals surface area contributed by atoms with Gasteiger partial charge in [0.1, 0.15) is 0 Å². The maximum atomic E-state index is 11.5. The Labute approximate surface area is 99.9 Å². The van der Waals surface area contributed by atoms with E-state index in [0.29, 0.717) is 17.3 Å². The third-order valence-corrected chi connectivity index (χ3v) is 2.11. The van der Waals surface area contributed by atoms with Gasteiger partial charge in [-0.05, 0) is 25.1 Å². The first-order valence-corrected chi connectivity index (χ1v) is 5.31. The SMILES string of the molecule is COC[C@@H](C)NC(=O)Nc1cccc(Cl)c1. The van der Waals surface area contributed by atoms with Gasteiger partial charge in [-0.3, -0.25) is 0 Å². The summed E-state index contributed by atoms with van der Waals surface area (Å²) in [4.78, 5) is 11.5. The van der Waals surface area contributed by atoms with Crippen LogP contribution < -0.4 is 10.6 Å². The molecule has 1 atom stereocenters. The number of benzene rings is 1. The molecule has 1 aromatic carbocycles. The number of ether oxygens (including phenoxy) is 1. The number of nitrogens with one attached hydrogen (secondary N) is 2. The highest BCUT2D eigenvalue weighted by molar-refractivity contribution is 6.30. The lowest BCUT2D eigenvalue weighted by molar-refractivity contribution is 0.173. The standard InChI is InChI=1S/C11H15ClN2O2/c1-8(7-16-2)13-11(15)14-10-5-3-4-9(12)6-10/h3-6,8H,7H2,1-2H3,(H2,13,14,15)/t8-/m1/s1. The fourth-order valence-electron chi connectivity index (χ4n) is 1.25. The molecule has 0 aliphatic rings. The van der Waals surface area contributed by atoms with Crippen LogP contribution in [0.2, 0.25) is 5.02 Å². The molecule has 0 bridgehead atoms. The molecule has 0 aliphatic carbocycles. The van der Waals surface area contributed by atoms with Crippen molar-refractivity contribution in [3.8, 4) is 0 Å². The Hall–Kier alpha value is -1.26. The van der Waals surface area contributed by atoms with E-state index >= 15 is 0 Å². The van der Waals surface area contributed by atoms with Crippen LogP contribution in [0.1, 0.15) is 6.92 Å². The fraction of sp³-hybridized carbons (Fsp3) is 0.364. The number of amides is 2. The Morgan fingerprint density at radius 1 is 1.56 bits per heavy atom. The van der Waals surface area contributed by atoms with Crippen LogP contribution in [0.15, 0.2) is 24.3 Å². The molecule has 0 saturated heterocycles. The minimum atomic E-state index is -0.271. The molecule has 5 heteroatoms. The third-order valence-electron chi connectivity index (χ3n) is 1.88. The van der Waals surface area contributed by atoms with Gasteiger partial charge in [0.2, 0.25) is 0 Å². The summed E-state index contributed by atoms with van der Waals surface area (Å²) in [5.41, 5.74) is 0.662. The van der Waals surface area contributed by atoms with Gasteiger partial charge in [0, 0.05) is 17.8 Å². The zero-order chi connectivity index (χ0) is 12.0. The molecule has 88 valence electrons. The minimum Gasteiger partial charge on any atom is -0.383 e. The monoisotopic (exact) mass is 242 g/mol. The van der Waals surface area contributed by atoms with Crippen LogP contribution in [0.25, 0.3) is 0 Å². The smallest absolute Gasteiger partial charge is 0.319 e. The maximum Gasteiger partial charge on any atom is 0.319 e. The van der Waals surface area contributed by atoms with Gasteiger partial charge in [0.25, 0.3) is 0 Å². The minimum absolute atomic E-state index is 0.0378. The summed E-state index contributed by atoms with van der Waals surface area (Å²) in [6.45, 7) is 2.34. The molecular formula is C11H15ClN2O2. The number of methoxy groups -OCH3 is 1. The largest absolute Gasteiger partial charge is 0.383 e. The summed E-state index contributed by atoms with van der Waals surface area (Å²) in [5, 5.41) is 6.00. The fourth-order valence-corrected chi connectivity index (χ4v) is 1.44. The molecule has 0 heterocycles. The Morgan fingerprint density at radius 2 is 2.31 bits per heavy atom. The van der Waals surface area contributed by atoms with Crippen molar-refractivity contribution >= 4 is 23.3 Å². The molecule has 0 saturated carbocycles. The number of hydrogen-bond donors (Lipinski definition) is 2. The van der Waals surface area contributed by atoms with Crippen LogP contribution in [-0.4, -0.2) is 25.8 Å². The zero-order valence-electron chi connectivity index (χ0n) is 9.29. The number of rotatable bonds is 4. The van der Waals surface area contributed by atoms with E-state index in [1.165, 1.54) is 0 Å². The number of halogens is 1. The molecule has 2 N–H and O–H groups in total. The Kier molecular flexibility index (Phi) is 5.08. The zero-order valence-corrected chi connectivity index (χ0v) is 10.0. The molecule has 2 amide bonds. The summed E-state index contributed by atoms with van der Waals surface area (Å²) in [5.74, 6) is 0. The Balaban J connectivity index is 2.45. The highest BCUT2D eigenvalue weighted by Crippen LogP contribution is 2.14. The molecule has 0 aromatic heterocycles. The summed E-state index contributed by atoms with van der Waals surface area (Å²) in [7, 11) is 1.59. The van der Waals surface area contributed by atoms with E-state index in [4.69, 9.17) is 16.3 Å². The molecule has 0 radical (unpaired) electrons. The quantitative estimate of drug-likeness (QED) is 0.852. The molecule has 16 heavy (non-hydrogen) atoms. The molecule has 0 aliphatic heterocycles. The van der Waals surface area contributed by atoms with Gasteiger partial charge in [-0.1, -0.05) is 17.7 Å². The molecular weight excluding hydrogens is 228 g/mol. The predicted octanol–water partition coefficient (Wildman–Crippen LogP) is 2.50. The van der Waals surface area contributed by atoms with E-state index in [9.17, 15) is 4.79 Å². The van der Waals surface area contributed by atoms with E-state index in [1.807, 2.05) is 6.92 Å². The van der Waals surface area contributed by atoms with Gasteiger partial charge < -0.3 is 15.4 Å². The maximum absolute atomic E-state index is 11.5. The van der Waals surface area contributed by atoms with Crippen molar-refractivity contribution in [1.29, 1.82) is 0 Å². The van der Waals surface area contributed by atoms with Crippen molar-refractivity contribution < 1.29 is 9.53 Å². The van der Waals surface area contributed by atoms with Crippen LogP contribution in [0.5, 0.6) is 0 Å². The first-order valence-electron chi connectivity index (χ1n) is 4.94. The molecule has 0 spiro atoms. The number of carbonyl (C=O) groups is 1. The van der Waals surface area contributed by atoms with Crippen LogP contribution in [-0.2, 0) is 4.74 Å². The molecule has 0 fully saturated rings. The highest BCUT2D eigenvalue weighted by atomic mass is 35.5. The Bertz CT molecular complexity index is 358. The van der Waals surface area contributed by atoms with Crippen molar-refractivity contribution in [2.24, 2.45) is 0 Å². The second kappa shape index (κ2) is 6.35.